The Bertz CT molecular complexity index is 978. The second-order valence-electron chi connectivity index (χ2n) is 7.31. The Kier molecular flexibility index (Phi) is 6.35. The molecule has 0 saturated carbocycles. The number of aryl methyl sites for hydroxylation is 2. The Morgan fingerprint density at radius 2 is 1.08 bits per heavy atom. The van der Waals surface area contributed by atoms with E-state index in [-0.39, 0.29) is 0 Å². The topological polar surface area (TPSA) is 0 Å². The summed E-state index contributed by atoms with van der Waals surface area (Å²) in [5, 5.41) is 3.08. The first-order valence-electron chi connectivity index (χ1n) is 10.2. The molecular formula is C22H28S4. The van der Waals surface area contributed by atoms with Crippen LogP contribution in [0.4, 0.5) is 0 Å². The van der Waals surface area contributed by atoms with E-state index in [1.165, 1.54) is 69.6 Å². The van der Waals surface area contributed by atoms with Gasteiger partial charge >= 0.3 is 0 Å². The minimum Gasteiger partial charge on any atom is -0.129 e. The van der Waals surface area contributed by atoms with Crippen molar-refractivity contribution in [1.82, 2.24) is 0 Å². The van der Waals surface area contributed by atoms with Gasteiger partial charge in [0.2, 0.25) is 0 Å². The lowest BCUT2D eigenvalue weighted by Gasteiger charge is -1.99. The average molecular weight is 421 g/mol. The standard InChI is InChI=1S/C22H28S4/c1-3-5-7-8-9-10-12-16-14-18-20-19(26-22(18)24-16)17-13-15(11-6-4-2)23-21(17)25-20/h13-14H,3-12H2,1-2H3. The second kappa shape index (κ2) is 8.72. The molecule has 4 aromatic rings. The van der Waals surface area contributed by atoms with Gasteiger partial charge in [0.05, 0.1) is 17.4 Å². The van der Waals surface area contributed by atoms with Crippen LogP contribution in [0.15, 0.2) is 12.1 Å². The van der Waals surface area contributed by atoms with Crippen molar-refractivity contribution in [3.05, 3.63) is 21.9 Å². The van der Waals surface area contributed by atoms with Crippen LogP contribution in [0.25, 0.3) is 28.2 Å². The molecule has 0 saturated heterocycles. The first-order valence-corrected chi connectivity index (χ1v) is 13.4. The molecule has 4 rings (SSSR count). The third kappa shape index (κ3) is 3.89. The molecule has 0 N–H and O–H groups in total. The molecule has 0 bridgehead atoms. The Balaban J connectivity index is 1.48. The molecule has 0 aliphatic carbocycles. The lowest BCUT2D eigenvalue weighted by atomic mass is 10.1. The van der Waals surface area contributed by atoms with E-state index in [0.717, 1.165) is 0 Å². The van der Waals surface area contributed by atoms with Crippen LogP contribution in [0.5, 0.6) is 0 Å². The molecule has 0 unspecified atom stereocenters. The summed E-state index contributed by atoms with van der Waals surface area (Å²) >= 11 is 8.17. The Labute approximate surface area is 172 Å². The van der Waals surface area contributed by atoms with Gasteiger partial charge in [-0.1, -0.05) is 52.4 Å². The van der Waals surface area contributed by atoms with Crippen LogP contribution in [-0.4, -0.2) is 0 Å². The summed E-state index contributed by atoms with van der Waals surface area (Å²) in [5.41, 5.74) is 0. The molecule has 140 valence electrons. The SMILES string of the molecule is CCCCCCCCc1cc2c(s1)sc1c3cc(CCCC)sc3sc21. The van der Waals surface area contributed by atoms with Crippen molar-refractivity contribution >= 4 is 73.5 Å². The first-order chi connectivity index (χ1) is 12.8. The monoisotopic (exact) mass is 420 g/mol. The van der Waals surface area contributed by atoms with Gasteiger partial charge < -0.3 is 0 Å². The van der Waals surface area contributed by atoms with E-state index in [9.17, 15) is 0 Å². The summed E-state index contributed by atoms with van der Waals surface area (Å²) in [4.78, 5) is 3.18. The van der Waals surface area contributed by atoms with Gasteiger partial charge in [-0.25, -0.2) is 0 Å². The molecule has 0 fully saturated rings. The second-order valence-corrected chi connectivity index (χ2v) is 12.1. The van der Waals surface area contributed by atoms with Gasteiger partial charge in [-0.15, -0.1) is 45.3 Å². The van der Waals surface area contributed by atoms with E-state index in [1.807, 2.05) is 34.0 Å². The number of rotatable bonds is 10. The molecule has 0 atom stereocenters. The van der Waals surface area contributed by atoms with Crippen molar-refractivity contribution < 1.29 is 0 Å². The minimum absolute atomic E-state index is 1.26. The third-order valence-electron chi connectivity index (χ3n) is 5.14. The van der Waals surface area contributed by atoms with Crippen LogP contribution in [0.2, 0.25) is 0 Å². The third-order valence-corrected chi connectivity index (χ3v) is 10.3. The summed E-state index contributed by atoms with van der Waals surface area (Å²) in [6, 6.07) is 4.98. The van der Waals surface area contributed by atoms with Gasteiger partial charge in [0.1, 0.15) is 0 Å². The van der Waals surface area contributed by atoms with Gasteiger partial charge in [0.25, 0.3) is 0 Å². The van der Waals surface area contributed by atoms with Gasteiger partial charge in [-0.05, 0) is 37.8 Å². The summed E-state index contributed by atoms with van der Waals surface area (Å²) in [5.74, 6) is 0. The molecule has 0 aromatic carbocycles. The lowest BCUT2D eigenvalue weighted by molar-refractivity contribution is 0.609. The number of hydrogen-bond acceptors (Lipinski definition) is 4. The lowest BCUT2D eigenvalue weighted by Crippen LogP contribution is -1.82. The highest BCUT2D eigenvalue weighted by atomic mass is 32.2. The zero-order valence-corrected chi connectivity index (χ0v) is 19.1. The average Bonchev–Trinajstić information content (AvgIpc) is 3.34. The number of fused-ring (bicyclic) bond motifs is 5. The molecule has 26 heavy (non-hydrogen) atoms. The normalized spacial score (nSPS) is 12.2. The fraction of sp³-hybridized carbons (Fsp3) is 0.545. The Morgan fingerprint density at radius 3 is 1.65 bits per heavy atom. The predicted molar refractivity (Wildman–Crippen MR) is 126 cm³/mol. The smallest absolute Gasteiger partial charge is 0.0889 e. The van der Waals surface area contributed by atoms with Crippen LogP contribution in [0, 0.1) is 0 Å². The van der Waals surface area contributed by atoms with Gasteiger partial charge in [0.15, 0.2) is 0 Å². The van der Waals surface area contributed by atoms with E-state index in [2.05, 4.69) is 37.3 Å². The van der Waals surface area contributed by atoms with Gasteiger partial charge in [0, 0.05) is 20.5 Å². The molecule has 0 radical (unpaired) electrons. The van der Waals surface area contributed by atoms with Crippen molar-refractivity contribution in [3.63, 3.8) is 0 Å². The predicted octanol–water partition coefficient (Wildman–Crippen LogP) is 9.64. The highest BCUT2D eigenvalue weighted by Crippen LogP contribution is 2.49. The van der Waals surface area contributed by atoms with Crippen LogP contribution >= 0.6 is 45.3 Å². The van der Waals surface area contributed by atoms with Crippen molar-refractivity contribution in [2.75, 3.05) is 0 Å². The zero-order valence-electron chi connectivity index (χ0n) is 15.9. The van der Waals surface area contributed by atoms with E-state index in [4.69, 9.17) is 0 Å². The van der Waals surface area contributed by atoms with Crippen LogP contribution in [0.3, 0.4) is 0 Å². The van der Waals surface area contributed by atoms with E-state index in [1.54, 1.807) is 32.6 Å². The summed E-state index contributed by atoms with van der Waals surface area (Å²) in [7, 11) is 0. The van der Waals surface area contributed by atoms with Crippen LogP contribution < -0.4 is 0 Å². The summed E-state index contributed by atoms with van der Waals surface area (Å²) < 4.78 is 6.20. The number of unbranched alkanes of at least 4 members (excludes halogenated alkanes) is 6. The van der Waals surface area contributed by atoms with Crippen molar-refractivity contribution in [2.24, 2.45) is 0 Å². The first kappa shape index (κ1) is 18.9. The molecule has 0 aliphatic heterocycles. The van der Waals surface area contributed by atoms with Crippen molar-refractivity contribution in [2.45, 2.75) is 78.1 Å². The maximum atomic E-state index is 2.50. The summed E-state index contributed by atoms with van der Waals surface area (Å²) in [6.45, 7) is 4.57. The molecule has 0 nitrogen and oxygen atoms in total. The summed E-state index contributed by atoms with van der Waals surface area (Å²) in [6.07, 6.45) is 13.5. The molecular weight excluding hydrogens is 393 g/mol. The largest absolute Gasteiger partial charge is 0.129 e. The van der Waals surface area contributed by atoms with E-state index < -0.39 is 0 Å². The molecule has 4 heterocycles. The van der Waals surface area contributed by atoms with Crippen molar-refractivity contribution in [1.29, 1.82) is 0 Å². The highest BCUT2D eigenvalue weighted by molar-refractivity contribution is 7.49. The van der Waals surface area contributed by atoms with Crippen LogP contribution in [-0.2, 0) is 12.8 Å². The fourth-order valence-corrected chi connectivity index (χ4v) is 9.33. The number of thiophene rings is 4. The quantitative estimate of drug-likeness (QED) is 0.224. The van der Waals surface area contributed by atoms with E-state index >= 15 is 0 Å². The Morgan fingerprint density at radius 1 is 0.577 bits per heavy atom. The number of hydrogen-bond donors (Lipinski definition) is 0. The molecule has 0 aliphatic rings. The molecule has 4 heteroatoms. The Hall–Kier alpha value is -0.420. The maximum absolute atomic E-state index is 2.50. The molecule has 4 aromatic heterocycles. The highest BCUT2D eigenvalue weighted by Gasteiger charge is 2.16. The minimum atomic E-state index is 1.26. The zero-order chi connectivity index (χ0) is 17.9. The van der Waals surface area contributed by atoms with Crippen molar-refractivity contribution in [3.8, 4) is 0 Å². The van der Waals surface area contributed by atoms with Gasteiger partial charge in [-0.2, -0.15) is 0 Å². The van der Waals surface area contributed by atoms with Gasteiger partial charge in [-0.3, -0.25) is 0 Å². The fourth-order valence-electron chi connectivity index (χ4n) is 3.62. The van der Waals surface area contributed by atoms with E-state index in [0.29, 0.717) is 0 Å². The molecule has 0 amide bonds. The van der Waals surface area contributed by atoms with Crippen LogP contribution in [0.1, 0.15) is 75.0 Å². The maximum Gasteiger partial charge on any atom is 0.0889 e. The molecule has 0 spiro atoms.